The number of nitriles is 1. The highest BCUT2D eigenvalue weighted by atomic mass is 32.1. The van der Waals surface area contributed by atoms with Gasteiger partial charge in [-0.2, -0.15) is 5.26 Å². The minimum atomic E-state index is -0.144. The van der Waals surface area contributed by atoms with Crippen LogP contribution in [0, 0.1) is 17.2 Å². The molecule has 1 aliphatic heterocycles. The number of hydrogen-bond acceptors (Lipinski definition) is 6. The highest BCUT2D eigenvalue weighted by molar-refractivity contribution is 7.16. The van der Waals surface area contributed by atoms with Crippen molar-refractivity contribution in [2.24, 2.45) is 5.92 Å². The first-order chi connectivity index (χ1) is 17.6. The number of carbonyl (C=O) groups is 2. The number of anilines is 1. The Balaban J connectivity index is 1.20. The number of rotatable bonds is 7. The predicted molar refractivity (Wildman–Crippen MR) is 137 cm³/mol. The van der Waals surface area contributed by atoms with Gasteiger partial charge in [-0.15, -0.1) is 11.3 Å². The molecule has 5 rings (SSSR count). The third-order valence-electron chi connectivity index (χ3n) is 6.77. The van der Waals surface area contributed by atoms with Gasteiger partial charge in [-0.1, -0.05) is 24.3 Å². The Morgan fingerprint density at radius 2 is 2.14 bits per heavy atom. The maximum Gasteiger partial charge on any atom is 0.317 e. The standard InChI is InChI=1S/C27H27N5O3S/c1-35-23-7-3-2-6-18(23)20-13-21(20)25(33)31-26-22(14-28)19-9-12-32(16-24(19)36-26)27(34)30-11-8-17-5-4-10-29-15-17/h2-7,10,15,20-21H,8-9,11-13,16H2,1H3,(H,30,34)(H,31,33). The Bertz CT molecular complexity index is 1320. The molecule has 9 heteroatoms. The summed E-state index contributed by atoms with van der Waals surface area (Å²) in [5.74, 6) is 0.688. The average molecular weight is 502 g/mol. The van der Waals surface area contributed by atoms with Gasteiger partial charge in [0.2, 0.25) is 5.91 Å². The highest BCUT2D eigenvalue weighted by Crippen LogP contribution is 2.51. The third-order valence-corrected chi connectivity index (χ3v) is 7.90. The second-order valence-electron chi connectivity index (χ2n) is 9.01. The normalized spacial score (nSPS) is 18.1. The number of amides is 3. The summed E-state index contributed by atoms with van der Waals surface area (Å²) in [6.07, 6.45) is 5.58. The lowest BCUT2D eigenvalue weighted by atomic mass is 10.0. The summed E-state index contributed by atoms with van der Waals surface area (Å²) in [6.45, 7) is 1.48. The molecule has 2 N–H and O–H groups in total. The first-order valence-electron chi connectivity index (χ1n) is 12.0. The Kier molecular flexibility index (Phi) is 6.87. The largest absolute Gasteiger partial charge is 0.496 e. The molecule has 1 aliphatic carbocycles. The van der Waals surface area contributed by atoms with Crippen molar-refractivity contribution >= 4 is 28.3 Å². The van der Waals surface area contributed by atoms with Gasteiger partial charge in [0, 0.05) is 36.3 Å². The molecule has 2 aromatic heterocycles. The van der Waals surface area contributed by atoms with E-state index < -0.39 is 0 Å². The lowest BCUT2D eigenvalue weighted by molar-refractivity contribution is -0.117. The molecule has 0 radical (unpaired) electrons. The maximum absolute atomic E-state index is 13.0. The van der Waals surface area contributed by atoms with Gasteiger partial charge in [0.1, 0.15) is 16.8 Å². The Morgan fingerprint density at radius 3 is 2.92 bits per heavy atom. The van der Waals surface area contributed by atoms with Crippen molar-refractivity contribution in [3.63, 3.8) is 0 Å². The summed E-state index contributed by atoms with van der Waals surface area (Å²) in [7, 11) is 1.63. The van der Waals surface area contributed by atoms with Crippen molar-refractivity contribution in [1.29, 1.82) is 5.26 Å². The summed E-state index contributed by atoms with van der Waals surface area (Å²) in [4.78, 5) is 32.5. The molecule has 3 amide bonds. The first kappa shape index (κ1) is 23.8. The SMILES string of the molecule is COc1ccccc1C1CC1C(=O)Nc1sc2c(c1C#N)CCN(C(=O)NCCc1cccnc1)C2. The van der Waals surface area contributed by atoms with Crippen molar-refractivity contribution in [3.8, 4) is 11.8 Å². The zero-order valence-corrected chi connectivity index (χ0v) is 20.8. The minimum Gasteiger partial charge on any atom is -0.496 e. The lowest BCUT2D eigenvalue weighted by Gasteiger charge is -2.27. The Labute approximate surface area is 213 Å². The molecule has 184 valence electrons. The fourth-order valence-electron chi connectivity index (χ4n) is 4.76. The van der Waals surface area contributed by atoms with Crippen LogP contribution in [0.3, 0.4) is 0 Å². The van der Waals surface area contributed by atoms with Crippen LogP contribution in [-0.4, -0.2) is 42.0 Å². The van der Waals surface area contributed by atoms with E-state index in [9.17, 15) is 14.9 Å². The van der Waals surface area contributed by atoms with Crippen LogP contribution in [0.4, 0.5) is 9.80 Å². The zero-order chi connectivity index (χ0) is 25.1. The van der Waals surface area contributed by atoms with E-state index in [1.54, 1.807) is 24.4 Å². The summed E-state index contributed by atoms with van der Waals surface area (Å²) in [6, 6.07) is 13.8. The van der Waals surface area contributed by atoms with Gasteiger partial charge in [-0.25, -0.2) is 4.79 Å². The second kappa shape index (κ2) is 10.4. The van der Waals surface area contributed by atoms with Crippen LogP contribution in [0.1, 0.15) is 39.5 Å². The summed E-state index contributed by atoms with van der Waals surface area (Å²) >= 11 is 1.40. The van der Waals surface area contributed by atoms with Crippen LogP contribution in [0.5, 0.6) is 5.75 Å². The van der Waals surface area contributed by atoms with Crippen LogP contribution in [0.2, 0.25) is 0 Å². The van der Waals surface area contributed by atoms with Gasteiger partial charge in [-0.05, 0) is 54.0 Å². The topological polar surface area (TPSA) is 107 Å². The average Bonchev–Trinajstić information content (AvgIpc) is 3.64. The van der Waals surface area contributed by atoms with E-state index >= 15 is 0 Å². The second-order valence-corrected chi connectivity index (χ2v) is 10.1. The molecule has 1 saturated carbocycles. The number of hydrogen-bond donors (Lipinski definition) is 2. The van der Waals surface area contributed by atoms with Crippen LogP contribution in [0.15, 0.2) is 48.8 Å². The number of thiophene rings is 1. The maximum atomic E-state index is 13.0. The van der Waals surface area contributed by atoms with E-state index in [2.05, 4.69) is 21.7 Å². The number of benzene rings is 1. The van der Waals surface area contributed by atoms with Crippen molar-refractivity contribution in [3.05, 3.63) is 75.9 Å². The summed E-state index contributed by atoms with van der Waals surface area (Å²) in [5, 5.41) is 16.4. The van der Waals surface area contributed by atoms with Crippen LogP contribution >= 0.6 is 11.3 Å². The van der Waals surface area contributed by atoms with Crippen LogP contribution in [-0.2, 0) is 24.2 Å². The fraction of sp³-hybridized carbons (Fsp3) is 0.333. The van der Waals surface area contributed by atoms with E-state index in [1.165, 1.54) is 11.3 Å². The number of para-hydroxylation sites is 1. The molecule has 2 atom stereocenters. The quantitative estimate of drug-likeness (QED) is 0.507. The van der Waals surface area contributed by atoms with Gasteiger partial charge in [0.25, 0.3) is 0 Å². The van der Waals surface area contributed by atoms with Crippen LogP contribution in [0.25, 0.3) is 0 Å². The number of fused-ring (bicyclic) bond motifs is 1. The van der Waals surface area contributed by atoms with Crippen molar-refractivity contribution in [2.75, 3.05) is 25.5 Å². The first-order valence-corrected chi connectivity index (χ1v) is 12.8. The molecule has 3 heterocycles. The van der Waals surface area contributed by atoms with Gasteiger partial charge in [0.15, 0.2) is 0 Å². The third kappa shape index (κ3) is 4.90. The molecular weight excluding hydrogens is 474 g/mol. The number of pyridine rings is 1. The number of urea groups is 1. The number of nitrogens with zero attached hydrogens (tertiary/aromatic N) is 3. The number of aromatic nitrogens is 1. The number of methoxy groups -OCH3 is 1. The van der Waals surface area contributed by atoms with E-state index in [1.807, 2.05) is 36.4 Å². The molecule has 0 bridgehead atoms. The Morgan fingerprint density at radius 1 is 1.28 bits per heavy atom. The molecule has 8 nitrogen and oxygen atoms in total. The van der Waals surface area contributed by atoms with E-state index in [0.717, 1.165) is 33.7 Å². The summed E-state index contributed by atoms with van der Waals surface area (Å²) in [5.41, 5.74) is 3.57. The molecule has 0 spiro atoms. The van der Waals surface area contributed by atoms with Crippen molar-refractivity contribution in [1.82, 2.24) is 15.2 Å². The molecule has 0 saturated heterocycles. The van der Waals surface area contributed by atoms with Gasteiger partial charge in [0.05, 0.1) is 19.2 Å². The van der Waals surface area contributed by atoms with E-state index in [4.69, 9.17) is 4.74 Å². The molecule has 2 unspecified atom stereocenters. The lowest BCUT2D eigenvalue weighted by Crippen LogP contribution is -2.43. The molecule has 3 aromatic rings. The minimum absolute atomic E-state index is 0.0778. The fourth-order valence-corrected chi connectivity index (χ4v) is 5.98. The van der Waals surface area contributed by atoms with E-state index in [0.29, 0.717) is 43.0 Å². The predicted octanol–water partition coefficient (Wildman–Crippen LogP) is 4.08. The molecule has 2 aliphatic rings. The van der Waals surface area contributed by atoms with Gasteiger partial charge < -0.3 is 20.3 Å². The van der Waals surface area contributed by atoms with E-state index in [-0.39, 0.29) is 23.8 Å². The zero-order valence-electron chi connectivity index (χ0n) is 20.0. The summed E-state index contributed by atoms with van der Waals surface area (Å²) < 4.78 is 5.45. The van der Waals surface area contributed by atoms with Gasteiger partial charge >= 0.3 is 6.03 Å². The smallest absolute Gasteiger partial charge is 0.317 e. The highest BCUT2D eigenvalue weighted by Gasteiger charge is 2.45. The van der Waals surface area contributed by atoms with Crippen LogP contribution < -0.4 is 15.4 Å². The monoisotopic (exact) mass is 501 g/mol. The molecule has 1 aromatic carbocycles. The number of nitrogens with one attached hydrogen (secondary N) is 2. The van der Waals surface area contributed by atoms with Gasteiger partial charge in [-0.3, -0.25) is 9.78 Å². The number of ether oxygens (including phenoxy) is 1. The molecule has 36 heavy (non-hydrogen) atoms. The molecule has 1 fully saturated rings. The molecular formula is C27H27N5O3S. The van der Waals surface area contributed by atoms with Crippen molar-refractivity contribution < 1.29 is 14.3 Å². The van der Waals surface area contributed by atoms with Crippen molar-refractivity contribution in [2.45, 2.75) is 31.7 Å². The Hall–Kier alpha value is -3.90. The number of carbonyl (C=O) groups excluding carboxylic acids is 2.